The van der Waals surface area contributed by atoms with Crippen LogP contribution >= 0.6 is 0 Å². The van der Waals surface area contributed by atoms with Crippen molar-refractivity contribution in [3.63, 3.8) is 0 Å². The van der Waals surface area contributed by atoms with E-state index in [9.17, 15) is 18.4 Å². The van der Waals surface area contributed by atoms with Gasteiger partial charge in [-0.2, -0.15) is 8.78 Å². The molecule has 0 bridgehead atoms. The number of hydrogen-bond acceptors (Lipinski definition) is 4. The number of amides is 2. The van der Waals surface area contributed by atoms with Crippen LogP contribution in [0.3, 0.4) is 0 Å². The predicted octanol–water partition coefficient (Wildman–Crippen LogP) is 4.42. The number of rotatable bonds is 8. The average Bonchev–Trinajstić information content (AvgIpc) is 3.67. The molecule has 33 heavy (non-hydrogen) atoms. The predicted molar refractivity (Wildman–Crippen MR) is 118 cm³/mol. The van der Waals surface area contributed by atoms with Gasteiger partial charge >= 0.3 is 6.61 Å². The van der Waals surface area contributed by atoms with Crippen molar-refractivity contribution in [1.29, 1.82) is 0 Å². The van der Waals surface area contributed by atoms with Crippen LogP contribution in [0.1, 0.15) is 47.6 Å². The molecule has 1 N–H and O–H groups in total. The summed E-state index contributed by atoms with van der Waals surface area (Å²) in [6.07, 6.45) is 3.46. The lowest BCUT2D eigenvalue weighted by Crippen LogP contribution is -2.46. The van der Waals surface area contributed by atoms with Crippen LogP contribution in [-0.2, 0) is 4.79 Å². The Hall–Kier alpha value is -3.16. The van der Waals surface area contributed by atoms with Crippen LogP contribution in [0, 0.1) is 11.8 Å². The first-order valence-electron chi connectivity index (χ1n) is 11.2. The van der Waals surface area contributed by atoms with E-state index in [1.54, 1.807) is 18.1 Å². The lowest BCUT2D eigenvalue weighted by molar-refractivity contribution is -0.127. The Morgan fingerprint density at radius 3 is 2.45 bits per heavy atom. The first kappa shape index (κ1) is 23.0. The number of carbonyl (C=O) groups excluding carboxylic acids is 2. The number of likely N-dealkylation sites (tertiary alicyclic amines) is 1. The second-order valence-corrected chi connectivity index (χ2v) is 8.56. The van der Waals surface area contributed by atoms with Gasteiger partial charge in [-0.25, -0.2) is 0 Å². The molecule has 2 unspecified atom stereocenters. The highest BCUT2D eigenvalue weighted by molar-refractivity contribution is 5.97. The van der Waals surface area contributed by atoms with Gasteiger partial charge < -0.3 is 19.7 Å². The van der Waals surface area contributed by atoms with Gasteiger partial charge in [-0.05, 0) is 61.4 Å². The van der Waals surface area contributed by atoms with E-state index in [-0.39, 0.29) is 35.7 Å². The number of nitrogens with zero attached hydrogens (tertiary/aromatic N) is 1. The summed E-state index contributed by atoms with van der Waals surface area (Å²) in [5.74, 6) is 0.164. The van der Waals surface area contributed by atoms with Gasteiger partial charge in [0, 0.05) is 13.1 Å². The smallest absolute Gasteiger partial charge is 0.387 e. The Labute approximate surface area is 191 Å². The molecular formula is C25H28F2N2O4. The van der Waals surface area contributed by atoms with Crippen molar-refractivity contribution in [2.45, 2.75) is 38.3 Å². The zero-order valence-corrected chi connectivity index (χ0v) is 18.5. The lowest BCUT2D eigenvalue weighted by Gasteiger charge is -2.33. The maximum absolute atomic E-state index is 13.2. The topological polar surface area (TPSA) is 67.9 Å². The highest BCUT2D eigenvalue weighted by atomic mass is 19.3. The second-order valence-electron chi connectivity index (χ2n) is 8.56. The first-order chi connectivity index (χ1) is 16.0. The van der Waals surface area contributed by atoms with E-state index < -0.39 is 12.5 Å². The normalized spacial score (nSPS) is 19.2. The van der Waals surface area contributed by atoms with E-state index in [0.29, 0.717) is 25.3 Å². The van der Waals surface area contributed by atoms with Crippen molar-refractivity contribution in [1.82, 2.24) is 10.2 Å². The number of carbonyl (C=O) groups is 2. The van der Waals surface area contributed by atoms with Crippen molar-refractivity contribution in [3.8, 4) is 11.5 Å². The molecule has 1 heterocycles. The van der Waals surface area contributed by atoms with Crippen LogP contribution in [0.4, 0.5) is 8.78 Å². The summed E-state index contributed by atoms with van der Waals surface area (Å²) in [4.78, 5) is 27.8. The standard InChI is InChI=1S/C25H28F2N2O4/c1-32-19-12-10-17(11-13-19)22(16-8-9-16)28-23(30)18-5-4-14-29(15-18)24(31)20-6-2-3-7-21(20)33-25(26)27/h2-3,6-7,10-13,16,18,22,25H,4-5,8-9,14-15H2,1H3,(H,28,30). The van der Waals surface area contributed by atoms with Crippen molar-refractivity contribution in [3.05, 3.63) is 59.7 Å². The fourth-order valence-electron chi connectivity index (χ4n) is 4.37. The number of halogens is 2. The third-order valence-corrected chi connectivity index (χ3v) is 6.28. The number of ether oxygens (including phenoxy) is 2. The molecule has 2 amide bonds. The summed E-state index contributed by atoms with van der Waals surface area (Å²) in [6, 6.07) is 13.6. The van der Waals surface area contributed by atoms with E-state index in [4.69, 9.17) is 4.74 Å². The summed E-state index contributed by atoms with van der Waals surface area (Å²) in [5.41, 5.74) is 1.11. The first-order valence-corrected chi connectivity index (χ1v) is 11.2. The maximum Gasteiger partial charge on any atom is 0.387 e. The van der Waals surface area contributed by atoms with Crippen molar-refractivity contribution in [2.75, 3.05) is 20.2 Å². The van der Waals surface area contributed by atoms with Crippen LogP contribution in [0.15, 0.2) is 48.5 Å². The molecule has 2 aromatic carbocycles. The van der Waals surface area contributed by atoms with Crippen molar-refractivity contribution < 1.29 is 27.8 Å². The molecule has 4 rings (SSSR count). The fourth-order valence-corrected chi connectivity index (χ4v) is 4.37. The molecular weight excluding hydrogens is 430 g/mol. The molecule has 2 aromatic rings. The number of nitrogens with one attached hydrogen (secondary N) is 1. The molecule has 2 atom stereocenters. The largest absolute Gasteiger partial charge is 0.497 e. The molecule has 1 aliphatic heterocycles. The van der Waals surface area contributed by atoms with E-state index >= 15 is 0 Å². The molecule has 0 radical (unpaired) electrons. The van der Waals surface area contributed by atoms with Crippen LogP contribution in [0.25, 0.3) is 0 Å². The maximum atomic E-state index is 13.2. The fraction of sp³-hybridized carbons (Fsp3) is 0.440. The summed E-state index contributed by atoms with van der Waals surface area (Å²) >= 11 is 0. The molecule has 0 aromatic heterocycles. The van der Waals surface area contributed by atoms with Crippen LogP contribution in [-0.4, -0.2) is 43.5 Å². The zero-order valence-electron chi connectivity index (χ0n) is 18.5. The minimum Gasteiger partial charge on any atom is -0.497 e. The van der Waals surface area contributed by atoms with Gasteiger partial charge in [0.2, 0.25) is 5.91 Å². The van der Waals surface area contributed by atoms with Crippen LogP contribution in [0.2, 0.25) is 0 Å². The van der Waals surface area contributed by atoms with Crippen molar-refractivity contribution >= 4 is 11.8 Å². The Morgan fingerprint density at radius 2 is 1.79 bits per heavy atom. The number of alkyl halides is 2. The Bertz CT molecular complexity index is 979. The summed E-state index contributed by atoms with van der Waals surface area (Å²) in [5, 5.41) is 3.20. The molecule has 8 heteroatoms. The second kappa shape index (κ2) is 10.2. The minimum absolute atomic E-state index is 0.0744. The Balaban J connectivity index is 1.43. The number of para-hydroxylation sites is 1. The van der Waals surface area contributed by atoms with Crippen LogP contribution < -0.4 is 14.8 Å². The zero-order chi connectivity index (χ0) is 23.4. The monoisotopic (exact) mass is 458 g/mol. The number of methoxy groups -OCH3 is 1. The van der Waals surface area contributed by atoms with Gasteiger partial charge in [0.15, 0.2) is 0 Å². The SMILES string of the molecule is COc1ccc(C(NC(=O)C2CCCN(C(=O)c3ccccc3OC(F)F)C2)C2CC2)cc1. The molecule has 2 fully saturated rings. The minimum atomic E-state index is -3.02. The van der Waals surface area contributed by atoms with E-state index in [0.717, 1.165) is 24.2 Å². The van der Waals surface area contributed by atoms with Gasteiger partial charge in [-0.1, -0.05) is 24.3 Å². The third kappa shape index (κ3) is 5.61. The quantitative estimate of drug-likeness (QED) is 0.636. The highest BCUT2D eigenvalue weighted by Crippen LogP contribution is 2.41. The van der Waals surface area contributed by atoms with Crippen LogP contribution in [0.5, 0.6) is 11.5 Å². The molecule has 176 valence electrons. The molecule has 1 aliphatic carbocycles. The van der Waals surface area contributed by atoms with Gasteiger partial charge in [-0.3, -0.25) is 9.59 Å². The molecule has 1 saturated carbocycles. The lowest BCUT2D eigenvalue weighted by atomic mass is 9.94. The van der Waals surface area contributed by atoms with E-state index in [1.165, 1.54) is 18.2 Å². The third-order valence-electron chi connectivity index (χ3n) is 6.28. The van der Waals surface area contributed by atoms with Crippen molar-refractivity contribution in [2.24, 2.45) is 11.8 Å². The number of benzene rings is 2. The Morgan fingerprint density at radius 1 is 1.06 bits per heavy atom. The van der Waals surface area contributed by atoms with Gasteiger partial charge in [-0.15, -0.1) is 0 Å². The summed E-state index contributed by atoms with van der Waals surface area (Å²) < 4.78 is 35.2. The van der Waals surface area contributed by atoms with Gasteiger partial charge in [0.25, 0.3) is 5.91 Å². The number of hydrogen-bond donors (Lipinski definition) is 1. The van der Waals surface area contributed by atoms with E-state index in [1.807, 2.05) is 24.3 Å². The Kier molecular flexibility index (Phi) is 7.11. The highest BCUT2D eigenvalue weighted by Gasteiger charge is 2.36. The van der Waals surface area contributed by atoms with E-state index in [2.05, 4.69) is 10.1 Å². The molecule has 6 nitrogen and oxygen atoms in total. The summed E-state index contributed by atoms with van der Waals surface area (Å²) in [6.45, 7) is -2.31. The number of piperidine rings is 1. The molecule has 1 saturated heterocycles. The summed E-state index contributed by atoms with van der Waals surface area (Å²) in [7, 11) is 1.61. The van der Waals surface area contributed by atoms with Gasteiger partial charge in [0.05, 0.1) is 24.6 Å². The molecule has 2 aliphatic rings. The average molecular weight is 459 g/mol. The van der Waals surface area contributed by atoms with Gasteiger partial charge in [0.1, 0.15) is 11.5 Å². The molecule has 0 spiro atoms.